The van der Waals surface area contributed by atoms with Crippen LogP contribution >= 0.6 is 0 Å². The molecule has 0 saturated heterocycles. The number of halogens is 2. The van der Waals surface area contributed by atoms with E-state index in [0.29, 0.717) is 29.6 Å². The van der Waals surface area contributed by atoms with Crippen LogP contribution in [0.15, 0.2) is 54.6 Å². The Morgan fingerprint density at radius 1 is 0.978 bits per heavy atom. The second-order valence-corrected chi connectivity index (χ2v) is 11.5. The molecule has 1 aromatic heterocycles. The standard InChI is InChI=1S/C32H31F2N5O5.C2H6/c1-17(36-31(42)44-32(2,3)4)29(41)43-16-21-12-24(33)25(34)13-22(21)18-9-10-26-23(11-18)27(38-30(35)37-26)28(40)39-14-19-7-5-6-8-20(19)15-39;1-2/h5-13,17H,14-16H2,1-4H3,(H,36,42)(H2,35,37,38);1-2H3. The lowest BCUT2D eigenvalue weighted by atomic mass is 9.97. The molecule has 12 heteroatoms. The zero-order valence-corrected chi connectivity index (χ0v) is 26.6. The van der Waals surface area contributed by atoms with E-state index in [9.17, 15) is 23.2 Å². The Bertz CT molecular complexity index is 1770. The lowest BCUT2D eigenvalue weighted by Gasteiger charge is -2.21. The lowest BCUT2D eigenvalue weighted by molar-refractivity contribution is -0.147. The summed E-state index contributed by atoms with van der Waals surface area (Å²) >= 11 is 0. The average molecular weight is 634 g/mol. The molecule has 4 aromatic rings. The molecule has 0 fully saturated rings. The minimum Gasteiger partial charge on any atom is -0.459 e. The number of aromatic nitrogens is 2. The molecule has 46 heavy (non-hydrogen) atoms. The molecule has 2 heterocycles. The number of ether oxygens (including phenoxy) is 2. The molecule has 0 spiro atoms. The van der Waals surface area contributed by atoms with Crippen LogP contribution in [0.5, 0.6) is 0 Å². The molecule has 1 atom stereocenters. The molecule has 1 aliphatic heterocycles. The van der Waals surface area contributed by atoms with Gasteiger partial charge in [0.1, 0.15) is 23.9 Å². The number of alkyl carbamates (subject to hydrolysis) is 1. The van der Waals surface area contributed by atoms with Crippen molar-refractivity contribution in [1.82, 2.24) is 20.2 Å². The van der Waals surface area contributed by atoms with Gasteiger partial charge >= 0.3 is 12.1 Å². The Morgan fingerprint density at radius 2 is 1.61 bits per heavy atom. The Kier molecular flexibility index (Phi) is 10.2. The molecule has 242 valence electrons. The van der Waals surface area contributed by atoms with E-state index in [4.69, 9.17) is 15.2 Å². The number of nitrogen functional groups attached to an aromatic ring is 1. The highest BCUT2D eigenvalue weighted by molar-refractivity contribution is 6.06. The minimum absolute atomic E-state index is 0.0692. The van der Waals surface area contributed by atoms with Gasteiger partial charge in [-0.3, -0.25) is 4.79 Å². The summed E-state index contributed by atoms with van der Waals surface area (Å²) in [6, 6.07) is 13.4. The number of hydrogen-bond acceptors (Lipinski definition) is 8. The van der Waals surface area contributed by atoms with Crippen LogP contribution in [-0.2, 0) is 34.0 Å². The van der Waals surface area contributed by atoms with Crippen molar-refractivity contribution in [3.05, 3.63) is 88.6 Å². The number of amides is 2. The van der Waals surface area contributed by atoms with E-state index in [1.165, 1.54) is 6.92 Å². The van der Waals surface area contributed by atoms with Gasteiger partial charge in [-0.2, -0.15) is 0 Å². The summed E-state index contributed by atoms with van der Waals surface area (Å²) in [4.78, 5) is 48.5. The maximum absolute atomic E-state index is 14.5. The number of hydrogen-bond donors (Lipinski definition) is 2. The Balaban J connectivity index is 0.00000235. The van der Waals surface area contributed by atoms with Crippen LogP contribution in [0.2, 0.25) is 0 Å². The fourth-order valence-electron chi connectivity index (χ4n) is 4.90. The first kappa shape index (κ1) is 33.8. The SMILES string of the molecule is CC.CC(NC(=O)OC(C)(C)C)C(=O)OCc1cc(F)c(F)cc1-c1ccc2nc(N)nc(C(=O)N3Cc4ccccc4C3)c2c1. The van der Waals surface area contributed by atoms with Gasteiger partial charge in [-0.15, -0.1) is 0 Å². The van der Waals surface area contributed by atoms with E-state index in [0.717, 1.165) is 23.3 Å². The smallest absolute Gasteiger partial charge is 0.408 e. The summed E-state index contributed by atoms with van der Waals surface area (Å²) in [6.07, 6.45) is -0.808. The zero-order valence-electron chi connectivity index (χ0n) is 26.6. The van der Waals surface area contributed by atoms with Crippen LogP contribution in [0.3, 0.4) is 0 Å². The summed E-state index contributed by atoms with van der Waals surface area (Å²) in [5.41, 5.74) is 8.46. The van der Waals surface area contributed by atoms with Crippen molar-refractivity contribution in [2.24, 2.45) is 0 Å². The molecule has 3 N–H and O–H groups in total. The Hall–Kier alpha value is -5.13. The highest BCUT2D eigenvalue weighted by atomic mass is 19.2. The normalized spacial score (nSPS) is 12.9. The molecule has 0 aliphatic carbocycles. The van der Waals surface area contributed by atoms with E-state index in [2.05, 4.69) is 15.3 Å². The molecular weight excluding hydrogens is 596 g/mol. The van der Waals surface area contributed by atoms with Crippen LogP contribution in [0.4, 0.5) is 19.5 Å². The van der Waals surface area contributed by atoms with E-state index in [-0.39, 0.29) is 28.7 Å². The van der Waals surface area contributed by atoms with Gasteiger partial charge in [0, 0.05) is 24.0 Å². The second-order valence-electron chi connectivity index (χ2n) is 11.5. The fourth-order valence-corrected chi connectivity index (χ4v) is 4.90. The predicted octanol–water partition coefficient (Wildman–Crippen LogP) is 6.30. The number of esters is 1. The number of carbonyl (C=O) groups excluding carboxylic acids is 3. The number of nitrogens with two attached hydrogens (primary N) is 1. The number of nitrogens with one attached hydrogen (secondary N) is 1. The number of fused-ring (bicyclic) bond motifs is 2. The molecular formula is C34H37F2N5O5. The van der Waals surface area contributed by atoms with Crippen LogP contribution < -0.4 is 11.1 Å². The number of benzene rings is 3. The second kappa shape index (κ2) is 13.9. The highest BCUT2D eigenvalue weighted by Crippen LogP contribution is 2.32. The summed E-state index contributed by atoms with van der Waals surface area (Å²) in [5.74, 6) is -3.51. The first-order chi connectivity index (χ1) is 21.8. The highest BCUT2D eigenvalue weighted by Gasteiger charge is 2.27. The van der Waals surface area contributed by atoms with Gasteiger partial charge in [-0.05, 0) is 74.2 Å². The van der Waals surface area contributed by atoms with Gasteiger partial charge in [0.05, 0.1) is 5.52 Å². The van der Waals surface area contributed by atoms with Crippen molar-refractivity contribution in [3.63, 3.8) is 0 Å². The van der Waals surface area contributed by atoms with Gasteiger partial charge < -0.3 is 25.4 Å². The van der Waals surface area contributed by atoms with Crippen molar-refractivity contribution in [1.29, 1.82) is 0 Å². The average Bonchev–Trinajstić information content (AvgIpc) is 3.45. The molecule has 2 amide bonds. The summed E-state index contributed by atoms with van der Waals surface area (Å²) in [5, 5.41) is 2.74. The predicted molar refractivity (Wildman–Crippen MR) is 169 cm³/mol. The van der Waals surface area contributed by atoms with Crippen molar-refractivity contribution in [2.45, 2.75) is 72.9 Å². The van der Waals surface area contributed by atoms with Crippen LogP contribution in [0.25, 0.3) is 22.0 Å². The molecule has 0 saturated carbocycles. The third kappa shape index (κ3) is 7.74. The maximum atomic E-state index is 14.5. The lowest BCUT2D eigenvalue weighted by Crippen LogP contribution is -2.42. The first-order valence-corrected chi connectivity index (χ1v) is 14.9. The third-order valence-electron chi connectivity index (χ3n) is 6.96. The van der Waals surface area contributed by atoms with E-state index in [1.807, 2.05) is 38.1 Å². The quantitative estimate of drug-likeness (QED) is 0.236. The molecule has 10 nitrogen and oxygen atoms in total. The molecule has 1 aliphatic rings. The van der Waals surface area contributed by atoms with Crippen LogP contribution in [0, 0.1) is 11.6 Å². The largest absolute Gasteiger partial charge is 0.459 e. The molecule has 1 unspecified atom stereocenters. The van der Waals surface area contributed by atoms with Crippen molar-refractivity contribution < 1.29 is 32.6 Å². The van der Waals surface area contributed by atoms with Crippen molar-refractivity contribution in [3.8, 4) is 11.1 Å². The Morgan fingerprint density at radius 3 is 2.24 bits per heavy atom. The van der Waals surface area contributed by atoms with Gasteiger partial charge in [0.25, 0.3) is 5.91 Å². The summed E-state index contributed by atoms with van der Waals surface area (Å²) < 4.78 is 39.4. The van der Waals surface area contributed by atoms with Crippen LogP contribution in [0.1, 0.15) is 68.7 Å². The monoisotopic (exact) mass is 633 g/mol. The van der Waals surface area contributed by atoms with Crippen molar-refractivity contribution >= 4 is 34.8 Å². The molecule has 5 rings (SSSR count). The third-order valence-corrected chi connectivity index (χ3v) is 6.96. The topological polar surface area (TPSA) is 137 Å². The van der Waals surface area contributed by atoms with E-state index >= 15 is 0 Å². The summed E-state index contributed by atoms with van der Waals surface area (Å²) in [7, 11) is 0. The first-order valence-electron chi connectivity index (χ1n) is 14.9. The van der Waals surface area contributed by atoms with Gasteiger partial charge in [0.2, 0.25) is 5.95 Å². The molecule has 0 bridgehead atoms. The Labute approximate surface area is 265 Å². The number of nitrogens with zero attached hydrogens (tertiary/aromatic N) is 3. The van der Waals surface area contributed by atoms with E-state index < -0.39 is 41.9 Å². The van der Waals surface area contributed by atoms with Gasteiger partial charge in [-0.25, -0.2) is 28.3 Å². The number of carbonyl (C=O) groups is 3. The minimum atomic E-state index is -1.14. The maximum Gasteiger partial charge on any atom is 0.408 e. The summed E-state index contributed by atoms with van der Waals surface area (Å²) in [6.45, 7) is 10.8. The zero-order chi connectivity index (χ0) is 33.8. The molecule has 3 aromatic carbocycles. The van der Waals surface area contributed by atoms with E-state index in [1.54, 1.807) is 43.9 Å². The fraction of sp³-hybridized carbons (Fsp3) is 0.324. The van der Waals surface area contributed by atoms with Gasteiger partial charge in [0.15, 0.2) is 11.6 Å². The van der Waals surface area contributed by atoms with Crippen LogP contribution in [-0.4, -0.2) is 44.5 Å². The van der Waals surface area contributed by atoms with Crippen molar-refractivity contribution in [2.75, 3.05) is 5.73 Å². The molecule has 0 radical (unpaired) electrons. The number of anilines is 1. The number of rotatable bonds is 6. The van der Waals surface area contributed by atoms with Gasteiger partial charge in [-0.1, -0.05) is 44.2 Å².